The van der Waals surface area contributed by atoms with Gasteiger partial charge in [0.25, 0.3) is 5.69 Å². The topological polar surface area (TPSA) is 60.2 Å². The van der Waals surface area contributed by atoms with Crippen molar-refractivity contribution < 1.29 is 22.9 Å². The van der Waals surface area contributed by atoms with E-state index >= 15 is 0 Å². The van der Waals surface area contributed by atoms with Crippen LogP contribution in [-0.4, -0.2) is 10.7 Å². The summed E-state index contributed by atoms with van der Waals surface area (Å²) < 4.78 is 40.1. The van der Waals surface area contributed by atoms with E-state index in [1.165, 1.54) is 0 Å². The number of hydrogen-bond donors (Lipinski definition) is 0. The highest BCUT2D eigenvalue weighted by molar-refractivity contribution is 6.01. The fourth-order valence-electron chi connectivity index (χ4n) is 1.85. The molecule has 0 aliphatic carbocycles. The highest BCUT2D eigenvalue weighted by atomic mass is 19.1. The number of carbonyl (C=O) groups is 1. The second-order valence-corrected chi connectivity index (χ2v) is 4.22. The molecular weight excluding hydrogens is 287 g/mol. The van der Waals surface area contributed by atoms with Crippen molar-refractivity contribution in [3.8, 4) is 0 Å². The molecule has 21 heavy (non-hydrogen) atoms. The first-order chi connectivity index (χ1) is 9.90. The molecule has 7 heteroatoms. The number of benzene rings is 2. The van der Waals surface area contributed by atoms with Crippen molar-refractivity contribution >= 4 is 11.5 Å². The molecule has 2 aromatic rings. The van der Waals surface area contributed by atoms with Gasteiger partial charge in [-0.1, -0.05) is 6.07 Å². The zero-order valence-electron chi connectivity index (χ0n) is 10.5. The first-order valence-electron chi connectivity index (χ1n) is 5.80. The maximum atomic E-state index is 13.5. The predicted molar refractivity (Wildman–Crippen MR) is 67.4 cm³/mol. The summed E-state index contributed by atoms with van der Waals surface area (Å²) in [5.74, 6) is -3.67. The lowest BCUT2D eigenvalue weighted by molar-refractivity contribution is -0.385. The molecule has 0 saturated heterocycles. The Morgan fingerprint density at radius 1 is 1.10 bits per heavy atom. The van der Waals surface area contributed by atoms with E-state index in [0.29, 0.717) is 6.07 Å². The van der Waals surface area contributed by atoms with Gasteiger partial charge in [-0.25, -0.2) is 13.2 Å². The summed E-state index contributed by atoms with van der Waals surface area (Å²) in [5.41, 5.74) is -1.65. The van der Waals surface area contributed by atoms with Crippen LogP contribution in [0.3, 0.4) is 0 Å². The monoisotopic (exact) mass is 295 g/mol. The Kier molecular flexibility index (Phi) is 4.02. The number of ketones is 1. The van der Waals surface area contributed by atoms with Gasteiger partial charge in [-0.05, 0) is 24.3 Å². The molecular formula is C14H8F3NO3. The number of nitro benzene ring substituents is 1. The number of nitro groups is 1. The normalized spacial score (nSPS) is 10.4. The highest BCUT2D eigenvalue weighted by Gasteiger charge is 2.23. The zero-order chi connectivity index (χ0) is 15.6. The molecule has 0 spiro atoms. The molecule has 0 saturated carbocycles. The van der Waals surface area contributed by atoms with Gasteiger partial charge >= 0.3 is 0 Å². The summed E-state index contributed by atoms with van der Waals surface area (Å²) in [6.07, 6.45) is -0.733. The third kappa shape index (κ3) is 3.07. The number of carbonyl (C=O) groups excluding carboxylic acids is 1. The Hall–Kier alpha value is -2.70. The largest absolute Gasteiger partial charge is 0.294 e. The van der Waals surface area contributed by atoms with Crippen LogP contribution in [0.15, 0.2) is 36.4 Å². The number of halogens is 3. The van der Waals surface area contributed by atoms with Gasteiger partial charge in [0.05, 0.1) is 10.5 Å². The first kappa shape index (κ1) is 14.7. The lowest BCUT2D eigenvalue weighted by Gasteiger charge is -2.05. The molecule has 0 bridgehead atoms. The number of nitrogens with zero attached hydrogens (tertiary/aromatic N) is 1. The molecule has 0 aliphatic rings. The van der Waals surface area contributed by atoms with Crippen LogP contribution in [0.2, 0.25) is 0 Å². The SMILES string of the molecule is O=C(Cc1c(F)cccc1F)c1cc(F)ccc1[N+](=O)[O-]. The van der Waals surface area contributed by atoms with Crippen LogP contribution in [-0.2, 0) is 6.42 Å². The van der Waals surface area contributed by atoms with Gasteiger partial charge in [-0.3, -0.25) is 14.9 Å². The lowest BCUT2D eigenvalue weighted by Crippen LogP contribution is -2.10. The van der Waals surface area contributed by atoms with Crippen LogP contribution in [0.1, 0.15) is 15.9 Å². The van der Waals surface area contributed by atoms with Crippen molar-refractivity contribution in [2.45, 2.75) is 6.42 Å². The van der Waals surface area contributed by atoms with Gasteiger partial charge in [0.2, 0.25) is 0 Å². The second kappa shape index (κ2) is 5.74. The fourth-order valence-corrected chi connectivity index (χ4v) is 1.85. The molecule has 2 aromatic carbocycles. The molecule has 2 rings (SSSR count). The van der Waals surface area contributed by atoms with Crippen LogP contribution >= 0.6 is 0 Å². The lowest BCUT2D eigenvalue weighted by atomic mass is 10.0. The third-order valence-electron chi connectivity index (χ3n) is 2.85. The molecule has 0 aromatic heterocycles. The average molecular weight is 295 g/mol. The molecule has 0 N–H and O–H groups in total. The van der Waals surface area contributed by atoms with Crippen LogP contribution in [0.4, 0.5) is 18.9 Å². The van der Waals surface area contributed by atoms with E-state index < -0.39 is 51.4 Å². The van der Waals surface area contributed by atoms with Crippen LogP contribution in [0.25, 0.3) is 0 Å². The Bertz CT molecular complexity index is 711. The number of rotatable bonds is 4. The van der Waals surface area contributed by atoms with E-state index in [0.717, 1.165) is 30.3 Å². The van der Waals surface area contributed by atoms with Gasteiger partial charge in [0.1, 0.15) is 17.5 Å². The van der Waals surface area contributed by atoms with Gasteiger partial charge in [-0.2, -0.15) is 0 Å². The van der Waals surface area contributed by atoms with Crippen molar-refractivity contribution in [3.05, 3.63) is 75.1 Å². The molecule has 4 nitrogen and oxygen atoms in total. The van der Waals surface area contributed by atoms with Crippen LogP contribution < -0.4 is 0 Å². The number of hydrogen-bond acceptors (Lipinski definition) is 3. The Morgan fingerprint density at radius 3 is 2.29 bits per heavy atom. The zero-order valence-corrected chi connectivity index (χ0v) is 10.5. The molecule has 0 atom stereocenters. The van der Waals surface area contributed by atoms with Crippen LogP contribution in [0, 0.1) is 27.6 Å². The Balaban J connectivity index is 2.41. The van der Waals surface area contributed by atoms with Crippen molar-refractivity contribution in [2.75, 3.05) is 0 Å². The summed E-state index contributed by atoms with van der Waals surface area (Å²) in [4.78, 5) is 21.9. The summed E-state index contributed by atoms with van der Waals surface area (Å²) in [6.45, 7) is 0. The maximum Gasteiger partial charge on any atom is 0.280 e. The number of Topliss-reactive ketones (excluding diaryl/α,β-unsaturated/α-hetero) is 1. The van der Waals surface area contributed by atoms with E-state index in [2.05, 4.69) is 0 Å². The first-order valence-corrected chi connectivity index (χ1v) is 5.80. The van der Waals surface area contributed by atoms with Crippen LogP contribution in [0.5, 0.6) is 0 Å². The minimum atomic E-state index is -0.942. The molecule has 108 valence electrons. The molecule has 0 radical (unpaired) electrons. The quantitative estimate of drug-likeness (QED) is 0.493. The predicted octanol–water partition coefficient (Wildman–Crippen LogP) is 3.44. The van der Waals surface area contributed by atoms with Crippen molar-refractivity contribution in [1.29, 1.82) is 0 Å². The van der Waals surface area contributed by atoms with E-state index in [1.807, 2.05) is 0 Å². The van der Waals surface area contributed by atoms with E-state index in [4.69, 9.17) is 0 Å². The summed E-state index contributed by atoms with van der Waals surface area (Å²) in [6, 6.07) is 5.40. The third-order valence-corrected chi connectivity index (χ3v) is 2.85. The maximum absolute atomic E-state index is 13.5. The van der Waals surface area contributed by atoms with E-state index in [1.54, 1.807) is 0 Å². The van der Waals surface area contributed by atoms with E-state index in [-0.39, 0.29) is 0 Å². The van der Waals surface area contributed by atoms with Crippen molar-refractivity contribution in [1.82, 2.24) is 0 Å². The van der Waals surface area contributed by atoms with Gasteiger partial charge in [0.15, 0.2) is 5.78 Å². The van der Waals surface area contributed by atoms with Crippen molar-refractivity contribution in [3.63, 3.8) is 0 Å². The minimum absolute atomic E-state index is 0.513. The molecule has 0 fully saturated rings. The highest BCUT2D eigenvalue weighted by Crippen LogP contribution is 2.23. The van der Waals surface area contributed by atoms with E-state index in [9.17, 15) is 28.1 Å². The fraction of sp³-hybridized carbons (Fsp3) is 0.0714. The standard InChI is InChI=1S/C14H8F3NO3/c15-8-4-5-13(18(20)21)10(6-8)14(19)7-9-11(16)2-1-3-12(9)17/h1-6H,7H2. The molecule has 0 amide bonds. The Labute approximate surface area is 117 Å². The van der Waals surface area contributed by atoms with Crippen molar-refractivity contribution in [2.24, 2.45) is 0 Å². The summed E-state index contributed by atoms with van der Waals surface area (Å²) in [5, 5.41) is 10.8. The smallest absolute Gasteiger partial charge is 0.280 e. The van der Waals surface area contributed by atoms with Gasteiger partial charge in [0, 0.05) is 18.1 Å². The molecule has 0 aliphatic heterocycles. The average Bonchev–Trinajstić information content (AvgIpc) is 2.42. The summed E-state index contributed by atoms with van der Waals surface area (Å²) >= 11 is 0. The van der Waals surface area contributed by atoms with Gasteiger partial charge < -0.3 is 0 Å². The molecule has 0 unspecified atom stereocenters. The molecule has 0 heterocycles. The minimum Gasteiger partial charge on any atom is -0.294 e. The summed E-state index contributed by atoms with van der Waals surface area (Å²) in [7, 11) is 0. The van der Waals surface area contributed by atoms with Gasteiger partial charge in [-0.15, -0.1) is 0 Å². The Morgan fingerprint density at radius 2 is 1.71 bits per heavy atom. The second-order valence-electron chi connectivity index (χ2n) is 4.22.